The van der Waals surface area contributed by atoms with Gasteiger partial charge in [-0.25, -0.2) is 4.98 Å². The van der Waals surface area contributed by atoms with E-state index in [9.17, 15) is 9.90 Å². The van der Waals surface area contributed by atoms with E-state index in [2.05, 4.69) is 15.6 Å². The second-order valence-electron chi connectivity index (χ2n) is 7.02. The lowest BCUT2D eigenvalue weighted by Gasteiger charge is -2.18. The van der Waals surface area contributed by atoms with Crippen molar-refractivity contribution in [3.05, 3.63) is 41.4 Å². The smallest absolute Gasteiger partial charge is 0.231 e. The number of fused-ring (bicyclic) bond motifs is 1. The van der Waals surface area contributed by atoms with Gasteiger partial charge in [-0.05, 0) is 42.5 Å². The van der Waals surface area contributed by atoms with Crippen molar-refractivity contribution in [1.29, 1.82) is 0 Å². The number of rotatable bonds is 2. The first-order valence-corrected chi connectivity index (χ1v) is 8.94. The second kappa shape index (κ2) is 7.17. The molecule has 27 heavy (non-hydrogen) atoms. The van der Waals surface area contributed by atoms with Gasteiger partial charge in [0.2, 0.25) is 11.8 Å². The van der Waals surface area contributed by atoms with Gasteiger partial charge in [-0.15, -0.1) is 0 Å². The number of phenolic OH excluding ortho intramolecular Hbond substituents is 1. The Balaban J connectivity index is 1.79. The van der Waals surface area contributed by atoms with E-state index in [1.165, 1.54) is 6.07 Å². The van der Waals surface area contributed by atoms with Crippen LogP contribution in [-0.2, 0) is 4.79 Å². The summed E-state index contributed by atoms with van der Waals surface area (Å²) in [5, 5.41) is 16.5. The Morgan fingerprint density at radius 1 is 1.22 bits per heavy atom. The standard InChI is InChI=1S/C19H18ClN3O3S/c1-19(2,3)17(25)23-18(27)21-11-5-6-12(14(24)9-11)16-22-13-8-10(20)4-7-15(13)26-16/h4-9,24H,1-3H3,(H2,21,23,25,27). The fourth-order valence-corrected chi connectivity index (χ4v) is 2.64. The third-order valence-corrected chi connectivity index (χ3v) is 4.18. The SMILES string of the molecule is CC(C)(C)C(=O)NC(=S)Nc1ccc(-c2nc3cc(Cl)ccc3o2)c(O)c1. The van der Waals surface area contributed by atoms with Crippen molar-refractivity contribution in [2.24, 2.45) is 5.41 Å². The van der Waals surface area contributed by atoms with Gasteiger partial charge in [-0.1, -0.05) is 32.4 Å². The number of oxazole rings is 1. The van der Waals surface area contributed by atoms with Gasteiger partial charge < -0.3 is 20.2 Å². The van der Waals surface area contributed by atoms with Crippen molar-refractivity contribution in [2.75, 3.05) is 5.32 Å². The average molecular weight is 404 g/mol. The summed E-state index contributed by atoms with van der Waals surface area (Å²) in [5.41, 5.74) is 1.56. The predicted octanol–water partition coefficient (Wildman–Crippen LogP) is 4.71. The molecule has 6 nitrogen and oxygen atoms in total. The first-order valence-electron chi connectivity index (χ1n) is 8.15. The number of nitrogens with one attached hydrogen (secondary N) is 2. The summed E-state index contributed by atoms with van der Waals surface area (Å²) in [7, 11) is 0. The van der Waals surface area contributed by atoms with Gasteiger partial charge in [-0.2, -0.15) is 0 Å². The van der Waals surface area contributed by atoms with E-state index in [0.717, 1.165) is 0 Å². The summed E-state index contributed by atoms with van der Waals surface area (Å²) < 4.78 is 5.67. The molecule has 0 bridgehead atoms. The number of phenols is 1. The Bertz CT molecular complexity index is 1040. The van der Waals surface area contributed by atoms with Gasteiger partial charge >= 0.3 is 0 Å². The van der Waals surface area contributed by atoms with Crippen LogP contribution in [0.2, 0.25) is 5.02 Å². The van der Waals surface area contributed by atoms with E-state index in [0.29, 0.717) is 27.4 Å². The van der Waals surface area contributed by atoms with E-state index in [4.69, 9.17) is 28.2 Å². The lowest BCUT2D eigenvalue weighted by atomic mass is 9.96. The minimum absolute atomic E-state index is 0.0393. The molecule has 0 unspecified atom stereocenters. The Morgan fingerprint density at radius 3 is 2.63 bits per heavy atom. The molecule has 2 aromatic carbocycles. The molecule has 0 atom stereocenters. The minimum atomic E-state index is -0.562. The highest BCUT2D eigenvalue weighted by atomic mass is 35.5. The summed E-state index contributed by atoms with van der Waals surface area (Å²) >= 11 is 11.1. The van der Waals surface area contributed by atoms with Gasteiger partial charge in [0.1, 0.15) is 11.3 Å². The molecule has 0 radical (unpaired) electrons. The van der Waals surface area contributed by atoms with Crippen LogP contribution in [0.5, 0.6) is 5.75 Å². The van der Waals surface area contributed by atoms with Crippen LogP contribution < -0.4 is 10.6 Å². The summed E-state index contributed by atoms with van der Waals surface area (Å²) in [5.74, 6) is 0.0357. The van der Waals surface area contributed by atoms with Crippen LogP contribution in [0.1, 0.15) is 20.8 Å². The topological polar surface area (TPSA) is 87.4 Å². The van der Waals surface area contributed by atoms with Crippen molar-refractivity contribution >= 4 is 51.6 Å². The maximum atomic E-state index is 12.0. The molecule has 0 aliphatic rings. The highest BCUT2D eigenvalue weighted by molar-refractivity contribution is 7.80. The molecule has 3 rings (SSSR count). The van der Waals surface area contributed by atoms with Gasteiger partial charge in [0, 0.05) is 22.2 Å². The Hall–Kier alpha value is -2.64. The quantitative estimate of drug-likeness (QED) is 0.537. The maximum Gasteiger partial charge on any atom is 0.231 e. The lowest BCUT2D eigenvalue weighted by Crippen LogP contribution is -2.41. The molecule has 0 saturated carbocycles. The molecular formula is C19H18ClN3O3S. The second-order valence-corrected chi connectivity index (χ2v) is 7.87. The van der Waals surface area contributed by atoms with Crippen molar-refractivity contribution in [3.8, 4) is 17.2 Å². The highest BCUT2D eigenvalue weighted by Gasteiger charge is 2.22. The Kier molecular flexibility index (Phi) is 5.08. The molecule has 0 aliphatic heterocycles. The number of carbonyl (C=O) groups excluding carboxylic acids is 1. The molecule has 3 aromatic rings. The van der Waals surface area contributed by atoms with Crippen LogP contribution in [0.4, 0.5) is 5.69 Å². The van der Waals surface area contributed by atoms with Crippen molar-refractivity contribution in [1.82, 2.24) is 10.3 Å². The maximum absolute atomic E-state index is 12.0. The van der Waals surface area contributed by atoms with E-state index in [1.807, 2.05) is 0 Å². The summed E-state index contributed by atoms with van der Waals surface area (Å²) in [6.45, 7) is 5.37. The number of amides is 1. The predicted molar refractivity (Wildman–Crippen MR) is 110 cm³/mol. The van der Waals surface area contributed by atoms with E-state index < -0.39 is 5.41 Å². The Morgan fingerprint density at radius 2 is 1.96 bits per heavy atom. The molecule has 140 valence electrons. The van der Waals surface area contributed by atoms with E-state index in [-0.39, 0.29) is 22.7 Å². The normalized spacial score (nSPS) is 11.4. The number of thiocarbonyl (C=S) groups is 1. The zero-order valence-corrected chi connectivity index (χ0v) is 16.5. The number of halogens is 1. The third-order valence-electron chi connectivity index (χ3n) is 3.74. The van der Waals surface area contributed by atoms with Crippen molar-refractivity contribution < 1.29 is 14.3 Å². The molecule has 1 aromatic heterocycles. The number of nitrogens with zero attached hydrogens (tertiary/aromatic N) is 1. The van der Waals surface area contributed by atoms with Crippen LogP contribution in [0.15, 0.2) is 40.8 Å². The fourth-order valence-electron chi connectivity index (χ4n) is 2.26. The molecule has 1 amide bonds. The lowest BCUT2D eigenvalue weighted by molar-refractivity contribution is -0.126. The molecule has 0 aliphatic carbocycles. The van der Waals surface area contributed by atoms with Gasteiger partial charge in [0.15, 0.2) is 10.7 Å². The third kappa shape index (κ3) is 4.37. The van der Waals surface area contributed by atoms with E-state index in [1.54, 1.807) is 51.1 Å². The molecular weight excluding hydrogens is 386 g/mol. The highest BCUT2D eigenvalue weighted by Crippen LogP contribution is 2.33. The number of hydrogen-bond acceptors (Lipinski definition) is 5. The first kappa shape index (κ1) is 19.1. The number of benzene rings is 2. The molecule has 0 saturated heterocycles. The molecule has 0 fully saturated rings. The number of aromatic hydroxyl groups is 1. The average Bonchev–Trinajstić information content (AvgIpc) is 2.96. The van der Waals surface area contributed by atoms with Crippen LogP contribution in [0, 0.1) is 5.41 Å². The monoisotopic (exact) mass is 403 g/mol. The molecule has 0 spiro atoms. The van der Waals surface area contributed by atoms with Crippen LogP contribution in [0.3, 0.4) is 0 Å². The van der Waals surface area contributed by atoms with Gasteiger partial charge in [-0.3, -0.25) is 4.79 Å². The van der Waals surface area contributed by atoms with Crippen LogP contribution in [-0.4, -0.2) is 21.1 Å². The zero-order chi connectivity index (χ0) is 19.8. The summed E-state index contributed by atoms with van der Waals surface area (Å²) in [4.78, 5) is 16.3. The minimum Gasteiger partial charge on any atom is -0.507 e. The molecule has 8 heteroatoms. The molecule has 3 N–H and O–H groups in total. The number of hydrogen-bond donors (Lipinski definition) is 3. The van der Waals surface area contributed by atoms with Gasteiger partial charge in [0.05, 0.1) is 5.56 Å². The van der Waals surface area contributed by atoms with Crippen molar-refractivity contribution in [3.63, 3.8) is 0 Å². The summed E-state index contributed by atoms with van der Waals surface area (Å²) in [6.07, 6.45) is 0. The van der Waals surface area contributed by atoms with E-state index >= 15 is 0 Å². The largest absolute Gasteiger partial charge is 0.507 e. The Labute approximate surface area is 166 Å². The molecule has 1 heterocycles. The van der Waals surface area contributed by atoms with Crippen LogP contribution in [0.25, 0.3) is 22.6 Å². The summed E-state index contributed by atoms with van der Waals surface area (Å²) in [6, 6.07) is 9.95. The van der Waals surface area contributed by atoms with Gasteiger partial charge in [0.25, 0.3) is 0 Å². The fraction of sp³-hybridized carbons (Fsp3) is 0.211. The van der Waals surface area contributed by atoms with Crippen LogP contribution >= 0.6 is 23.8 Å². The first-order chi connectivity index (χ1) is 12.6. The number of carbonyl (C=O) groups is 1. The zero-order valence-electron chi connectivity index (χ0n) is 15.0. The van der Waals surface area contributed by atoms with Crippen molar-refractivity contribution in [2.45, 2.75) is 20.8 Å². The number of aromatic nitrogens is 1. The number of anilines is 1.